The van der Waals surface area contributed by atoms with Gasteiger partial charge in [0.1, 0.15) is 0 Å². The molecule has 0 heterocycles. The molecule has 6 heteroatoms. The maximum absolute atomic E-state index is 6.50. The average molecular weight is 542 g/mol. The first kappa shape index (κ1) is 15.9. The van der Waals surface area contributed by atoms with Crippen LogP contribution in [0.2, 0.25) is 0 Å². The number of hydrogen-bond acceptors (Lipinski definition) is 2. The third-order valence-corrected chi connectivity index (χ3v) is 0. The zero-order valence-corrected chi connectivity index (χ0v) is 11.4. The first-order valence-corrected chi connectivity index (χ1v) is 13.1. The van der Waals surface area contributed by atoms with Crippen LogP contribution >= 0.6 is 61.2 Å². The monoisotopic (exact) mass is 542 g/mol. The number of halogens is 4. The molecule has 0 saturated carbocycles. The van der Waals surface area contributed by atoms with Crippen molar-refractivity contribution < 1.29 is 18.5 Å². The molecule has 0 fully saturated rings. The van der Waals surface area contributed by atoms with E-state index in [0.29, 0.717) is 13.3 Å². The molecule has 6 heavy (non-hydrogen) atoms. The molecule has 0 aliphatic rings. The van der Waals surface area contributed by atoms with Gasteiger partial charge in [-0.1, -0.05) is 0 Å². The maximum atomic E-state index is 6.50. The minimum atomic E-state index is 0. The second kappa shape index (κ2) is 24.9. The van der Waals surface area contributed by atoms with Crippen LogP contribution in [0.1, 0.15) is 0 Å². The Kier molecular flexibility index (Phi) is 66.1. The first-order valence-electron chi connectivity index (χ1n) is 0.544. The Morgan fingerprint density at radius 1 is 1.33 bits per heavy atom. The van der Waals surface area contributed by atoms with Gasteiger partial charge in [0.2, 0.25) is 0 Å². The molecular formula is H4I4NO-. The van der Waals surface area contributed by atoms with E-state index in [1.54, 1.807) is 0 Å². The summed E-state index contributed by atoms with van der Waals surface area (Å²) in [5.74, 6) is 3.50. The second-order valence-electron chi connectivity index (χ2n) is 0.0540. The van der Waals surface area contributed by atoms with Gasteiger partial charge in [-0.05, 0) is 0 Å². The van der Waals surface area contributed by atoms with Crippen molar-refractivity contribution in [2.24, 2.45) is 5.90 Å². The second-order valence-corrected chi connectivity index (χ2v) is 16.3. The van der Waals surface area contributed by atoms with Crippen LogP contribution in [-0.2, 0) is 0 Å². The van der Waals surface area contributed by atoms with E-state index in [9.17, 15) is 0 Å². The van der Waals surface area contributed by atoms with E-state index in [2.05, 4.69) is 43.1 Å². The van der Waals surface area contributed by atoms with Crippen molar-refractivity contribution in [2.45, 2.75) is 0 Å². The van der Waals surface area contributed by atoms with E-state index in [0.717, 1.165) is 0 Å². The topological polar surface area (TPSA) is 46.2 Å². The molecule has 0 aromatic heterocycles. The third-order valence-electron chi connectivity index (χ3n) is 0. The van der Waals surface area contributed by atoms with Gasteiger partial charge in [0.15, 0.2) is 0 Å². The molecule has 0 aliphatic carbocycles. The SMILES string of the molecule is I.I[I-]I.NO. The molecule has 0 spiro atoms. The minimum absolute atomic E-state index is 0. The summed E-state index contributed by atoms with van der Waals surface area (Å²) >= 11 is 5.30. The molecule has 44 valence electrons. The summed E-state index contributed by atoms with van der Waals surface area (Å²) in [6, 6.07) is 0. The van der Waals surface area contributed by atoms with Gasteiger partial charge in [-0.25, -0.2) is 5.90 Å². The fourth-order valence-corrected chi connectivity index (χ4v) is 0. The van der Waals surface area contributed by atoms with Crippen LogP contribution in [0.15, 0.2) is 0 Å². The van der Waals surface area contributed by atoms with E-state index in [4.69, 9.17) is 5.21 Å². The summed E-state index contributed by atoms with van der Waals surface area (Å²) in [5, 5.41) is 6.50. The van der Waals surface area contributed by atoms with Gasteiger partial charge < -0.3 is 5.21 Å². The van der Waals surface area contributed by atoms with E-state index < -0.39 is 0 Å². The Labute approximate surface area is 83.6 Å². The van der Waals surface area contributed by atoms with Crippen molar-refractivity contribution in [3.8, 4) is 0 Å². The normalized spacial score (nSPS) is 4.67. The quantitative estimate of drug-likeness (QED) is 0.297. The minimum Gasteiger partial charge on any atom is -0.320 e. The largest absolute Gasteiger partial charge is 0.320 e. The van der Waals surface area contributed by atoms with Crippen molar-refractivity contribution in [1.82, 2.24) is 0 Å². The van der Waals surface area contributed by atoms with Gasteiger partial charge in [0, 0.05) is 0 Å². The van der Waals surface area contributed by atoms with Crippen molar-refractivity contribution in [3.05, 3.63) is 0 Å². The Balaban J connectivity index is -0.0000000275. The molecule has 0 aromatic rings. The summed E-state index contributed by atoms with van der Waals surface area (Å²) in [5.41, 5.74) is 0. The van der Waals surface area contributed by atoms with Crippen LogP contribution < -0.4 is 19.2 Å². The zero-order chi connectivity index (χ0) is 4.71. The van der Waals surface area contributed by atoms with Crippen molar-refractivity contribution >= 4 is 61.2 Å². The molecule has 0 radical (unpaired) electrons. The fraction of sp³-hybridized carbons (Fsp3) is 0. The van der Waals surface area contributed by atoms with Gasteiger partial charge in [0.25, 0.3) is 0 Å². The van der Waals surface area contributed by atoms with Crippen LogP contribution in [-0.4, -0.2) is 5.21 Å². The van der Waals surface area contributed by atoms with E-state index >= 15 is 0 Å². The Morgan fingerprint density at radius 2 is 1.33 bits per heavy atom. The molecule has 0 aromatic carbocycles. The van der Waals surface area contributed by atoms with Gasteiger partial charge in [-0.15, -0.1) is 24.0 Å². The number of hydrogen-bond donors (Lipinski definition) is 2. The first-order chi connectivity index (χ1) is 2.41. The van der Waals surface area contributed by atoms with Gasteiger partial charge in [-0.2, -0.15) is 0 Å². The fourth-order valence-electron chi connectivity index (χ4n) is 0. The zero-order valence-electron chi connectivity index (χ0n) is 2.57. The van der Waals surface area contributed by atoms with Crippen molar-refractivity contribution in [1.29, 1.82) is 0 Å². The summed E-state index contributed by atoms with van der Waals surface area (Å²) in [6.45, 7) is 0. The van der Waals surface area contributed by atoms with E-state index in [1.807, 2.05) is 0 Å². The molecule has 0 unspecified atom stereocenters. The summed E-state index contributed by atoms with van der Waals surface area (Å²) in [7, 11) is 0. The summed E-state index contributed by atoms with van der Waals surface area (Å²) in [6.07, 6.45) is 0. The number of rotatable bonds is 0. The van der Waals surface area contributed by atoms with Gasteiger partial charge in [-0.3, -0.25) is 0 Å². The summed E-state index contributed by atoms with van der Waals surface area (Å²) < 4.78 is 0. The summed E-state index contributed by atoms with van der Waals surface area (Å²) in [4.78, 5) is 0. The molecule has 0 atom stereocenters. The van der Waals surface area contributed by atoms with Crippen LogP contribution in [0.25, 0.3) is 0 Å². The standard InChI is InChI=1S/I3.HI.H3NO/c1-3-2;;1-2/h;1H;2H,1H2/q-1;;. The smallest absolute Gasteiger partial charge is 0.219 e. The van der Waals surface area contributed by atoms with Gasteiger partial charge in [0.05, 0.1) is 0 Å². The van der Waals surface area contributed by atoms with Crippen LogP contribution in [0.3, 0.4) is 0 Å². The Hall–Kier alpha value is 2.84. The maximum Gasteiger partial charge on any atom is -0.219 e. The van der Waals surface area contributed by atoms with Crippen molar-refractivity contribution in [3.63, 3.8) is 0 Å². The molecule has 0 rings (SSSR count). The molecule has 2 nitrogen and oxygen atoms in total. The molecule has 3 N–H and O–H groups in total. The number of nitrogens with two attached hydrogens (primary N) is 1. The van der Waals surface area contributed by atoms with Crippen LogP contribution in [0.5, 0.6) is 0 Å². The van der Waals surface area contributed by atoms with Gasteiger partial charge >= 0.3 is 50.5 Å². The van der Waals surface area contributed by atoms with E-state index in [-0.39, 0.29) is 24.0 Å². The van der Waals surface area contributed by atoms with Crippen LogP contribution in [0.4, 0.5) is 0 Å². The van der Waals surface area contributed by atoms with Crippen molar-refractivity contribution in [2.75, 3.05) is 0 Å². The van der Waals surface area contributed by atoms with E-state index in [1.165, 1.54) is 0 Å². The molecule has 0 saturated heterocycles. The Bertz CT molecular complexity index is 7.51. The third kappa shape index (κ3) is 28.9. The predicted molar refractivity (Wildman–Crippen MR) is 49.4 cm³/mol. The molecule has 0 aliphatic heterocycles. The average Bonchev–Trinajstić information content (AvgIpc) is 1.46. The molecular weight excluding hydrogens is 538 g/mol. The molecule has 0 amide bonds. The van der Waals surface area contributed by atoms with Crippen LogP contribution in [0, 0.1) is 0 Å². The molecule has 0 bridgehead atoms. The predicted octanol–water partition coefficient (Wildman–Crippen LogP) is -1.27. The Morgan fingerprint density at radius 3 is 1.33 bits per heavy atom.